The second kappa shape index (κ2) is 5.98. The van der Waals surface area contributed by atoms with Gasteiger partial charge in [0, 0.05) is 43.6 Å². The van der Waals surface area contributed by atoms with Crippen molar-refractivity contribution in [3.05, 3.63) is 42.7 Å². The second-order valence-corrected chi connectivity index (χ2v) is 6.92. The molecule has 1 N–H and O–H groups in total. The highest BCUT2D eigenvalue weighted by atomic mass is 15.3. The van der Waals surface area contributed by atoms with Gasteiger partial charge >= 0.3 is 0 Å². The lowest BCUT2D eigenvalue weighted by molar-refractivity contribution is 0.522. The Morgan fingerprint density at radius 3 is 2.68 bits per heavy atom. The van der Waals surface area contributed by atoms with E-state index in [2.05, 4.69) is 31.2 Å². The molecule has 1 aliphatic carbocycles. The molecular formula is C18H21N7. The smallest absolute Gasteiger partial charge is 0.154 e. The Hall–Kier alpha value is -2.70. The standard InChI is InChI=1S/C18H21N7/c1-2-13(1)15-11-16-18(20-7-10-25(16)23-15)24-8-4-14(5-9-24)22-17-3-6-19-12-21-17/h3,6-7,10-14H,1-2,4-5,8-9H2,(H,19,21,22). The molecule has 7 heteroatoms. The Labute approximate surface area is 146 Å². The fourth-order valence-corrected chi connectivity index (χ4v) is 3.57. The molecule has 0 spiro atoms. The highest BCUT2D eigenvalue weighted by Gasteiger charge is 2.28. The molecule has 3 aromatic heterocycles. The van der Waals surface area contributed by atoms with Crippen LogP contribution in [-0.4, -0.2) is 43.7 Å². The first-order valence-electron chi connectivity index (χ1n) is 8.98. The summed E-state index contributed by atoms with van der Waals surface area (Å²) in [5, 5.41) is 8.23. The fourth-order valence-electron chi connectivity index (χ4n) is 3.57. The first-order valence-corrected chi connectivity index (χ1v) is 8.98. The molecule has 1 aliphatic heterocycles. The van der Waals surface area contributed by atoms with Gasteiger partial charge in [0.25, 0.3) is 0 Å². The Kier molecular flexibility index (Phi) is 3.50. The van der Waals surface area contributed by atoms with Crippen LogP contribution in [-0.2, 0) is 0 Å². The molecule has 0 radical (unpaired) electrons. The molecular weight excluding hydrogens is 314 g/mol. The van der Waals surface area contributed by atoms with E-state index in [4.69, 9.17) is 5.10 Å². The molecule has 4 heterocycles. The van der Waals surface area contributed by atoms with Crippen molar-refractivity contribution in [2.24, 2.45) is 0 Å². The predicted molar refractivity (Wildman–Crippen MR) is 95.9 cm³/mol. The van der Waals surface area contributed by atoms with E-state index < -0.39 is 0 Å². The van der Waals surface area contributed by atoms with Crippen LogP contribution in [0.25, 0.3) is 5.52 Å². The summed E-state index contributed by atoms with van der Waals surface area (Å²) in [6.45, 7) is 1.97. The van der Waals surface area contributed by atoms with Crippen molar-refractivity contribution in [1.82, 2.24) is 24.6 Å². The minimum Gasteiger partial charge on any atom is -0.367 e. The molecule has 1 saturated heterocycles. The Bertz CT molecular complexity index is 864. The summed E-state index contributed by atoms with van der Waals surface area (Å²) in [5.41, 5.74) is 2.35. The van der Waals surface area contributed by atoms with Crippen LogP contribution in [0.15, 0.2) is 37.1 Å². The lowest BCUT2D eigenvalue weighted by Crippen LogP contribution is -2.39. The van der Waals surface area contributed by atoms with Crippen LogP contribution in [0.4, 0.5) is 11.6 Å². The van der Waals surface area contributed by atoms with E-state index in [1.165, 1.54) is 18.5 Å². The van der Waals surface area contributed by atoms with E-state index in [1.54, 1.807) is 12.5 Å². The third-order valence-corrected chi connectivity index (χ3v) is 5.11. The van der Waals surface area contributed by atoms with E-state index in [9.17, 15) is 0 Å². The molecule has 0 bridgehead atoms. The molecule has 5 rings (SSSR count). The minimum absolute atomic E-state index is 0.442. The van der Waals surface area contributed by atoms with Crippen LogP contribution in [0.2, 0.25) is 0 Å². The highest BCUT2D eigenvalue weighted by Crippen LogP contribution is 2.40. The predicted octanol–water partition coefficient (Wildman–Crippen LogP) is 2.48. The lowest BCUT2D eigenvalue weighted by Gasteiger charge is -2.33. The summed E-state index contributed by atoms with van der Waals surface area (Å²) in [4.78, 5) is 15.3. The second-order valence-electron chi connectivity index (χ2n) is 6.92. The quantitative estimate of drug-likeness (QED) is 0.790. The van der Waals surface area contributed by atoms with Crippen LogP contribution in [0.1, 0.15) is 37.3 Å². The summed E-state index contributed by atoms with van der Waals surface area (Å²) >= 11 is 0. The lowest BCUT2D eigenvalue weighted by atomic mass is 10.0. The van der Waals surface area contributed by atoms with Gasteiger partial charge in [-0.25, -0.2) is 19.5 Å². The van der Waals surface area contributed by atoms with Gasteiger partial charge in [0.2, 0.25) is 0 Å². The maximum Gasteiger partial charge on any atom is 0.154 e. The van der Waals surface area contributed by atoms with E-state index in [0.29, 0.717) is 12.0 Å². The third kappa shape index (κ3) is 2.90. The number of hydrogen-bond donors (Lipinski definition) is 1. The summed E-state index contributed by atoms with van der Waals surface area (Å²) < 4.78 is 1.99. The summed E-state index contributed by atoms with van der Waals surface area (Å²) in [5.74, 6) is 2.62. The van der Waals surface area contributed by atoms with Crippen LogP contribution in [0.5, 0.6) is 0 Å². The van der Waals surface area contributed by atoms with Gasteiger partial charge in [-0.1, -0.05) is 0 Å². The average Bonchev–Trinajstić information content (AvgIpc) is 3.42. The van der Waals surface area contributed by atoms with Crippen LogP contribution >= 0.6 is 0 Å². The topological polar surface area (TPSA) is 71.2 Å². The van der Waals surface area contributed by atoms with E-state index in [1.807, 2.05) is 23.0 Å². The maximum atomic E-state index is 4.72. The number of piperidine rings is 1. The largest absolute Gasteiger partial charge is 0.367 e. The van der Waals surface area contributed by atoms with Gasteiger partial charge in [0.1, 0.15) is 17.7 Å². The van der Waals surface area contributed by atoms with E-state index in [-0.39, 0.29) is 0 Å². The van der Waals surface area contributed by atoms with Gasteiger partial charge in [-0.3, -0.25) is 0 Å². The number of fused-ring (bicyclic) bond motifs is 1. The molecule has 1 saturated carbocycles. The zero-order chi connectivity index (χ0) is 16.6. The monoisotopic (exact) mass is 335 g/mol. The van der Waals surface area contributed by atoms with Crippen molar-refractivity contribution in [1.29, 1.82) is 0 Å². The first-order chi connectivity index (χ1) is 12.4. The number of rotatable bonds is 4. The molecule has 0 aromatic carbocycles. The highest BCUT2D eigenvalue weighted by molar-refractivity contribution is 5.69. The van der Waals surface area contributed by atoms with Gasteiger partial charge in [-0.05, 0) is 37.8 Å². The molecule has 7 nitrogen and oxygen atoms in total. The van der Waals surface area contributed by atoms with Crippen molar-refractivity contribution in [3.63, 3.8) is 0 Å². The molecule has 2 fully saturated rings. The average molecular weight is 335 g/mol. The van der Waals surface area contributed by atoms with Crippen molar-refractivity contribution in [2.75, 3.05) is 23.3 Å². The van der Waals surface area contributed by atoms with Crippen molar-refractivity contribution < 1.29 is 0 Å². The van der Waals surface area contributed by atoms with Gasteiger partial charge < -0.3 is 10.2 Å². The summed E-state index contributed by atoms with van der Waals surface area (Å²) in [6.07, 6.45) is 11.8. The van der Waals surface area contributed by atoms with Gasteiger partial charge in [0.15, 0.2) is 5.82 Å². The zero-order valence-corrected chi connectivity index (χ0v) is 14.0. The van der Waals surface area contributed by atoms with Gasteiger partial charge in [-0.2, -0.15) is 5.10 Å². The SMILES string of the molecule is c1cc(NC2CCN(c3nccn4nc(C5CC5)cc34)CC2)ncn1. The Balaban J connectivity index is 1.31. The molecule has 0 amide bonds. The van der Waals surface area contributed by atoms with E-state index >= 15 is 0 Å². The number of nitrogens with one attached hydrogen (secondary N) is 1. The first kappa shape index (κ1) is 14.6. The normalized spacial score (nSPS) is 18.6. The molecule has 128 valence electrons. The Morgan fingerprint density at radius 1 is 1.04 bits per heavy atom. The van der Waals surface area contributed by atoms with Gasteiger partial charge in [0.05, 0.1) is 5.69 Å². The summed E-state index contributed by atoms with van der Waals surface area (Å²) in [7, 11) is 0. The molecule has 25 heavy (non-hydrogen) atoms. The van der Waals surface area contributed by atoms with Crippen molar-refractivity contribution in [3.8, 4) is 0 Å². The molecule has 3 aromatic rings. The van der Waals surface area contributed by atoms with Crippen LogP contribution in [0, 0.1) is 0 Å². The Morgan fingerprint density at radius 2 is 1.92 bits per heavy atom. The van der Waals surface area contributed by atoms with Crippen LogP contribution in [0.3, 0.4) is 0 Å². The molecule has 2 aliphatic rings. The number of aromatic nitrogens is 5. The number of anilines is 2. The van der Waals surface area contributed by atoms with Crippen LogP contribution < -0.4 is 10.2 Å². The maximum absolute atomic E-state index is 4.72. The van der Waals surface area contributed by atoms with Gasteiger partial charge in [-0.15, -0.1) is 0 Å². The van der Waals surface area contributed by atoms with E-state index in [0.717, 1.165) is 43.1 Å². The fraction of sp³-hybridized carbons (Fsp3) is 0.444. The summed E-state index contributed by atoms with van der Waals surface area (Å²) in [6, 6.07) is 4.59. The number of hydrogen-bond acceptors (Lipinski definition) is 6. The zero-order valence-electron chi connectivity index (χ0n) is 14.0. The molecule has 0 unspecified atom stereocenters. The third-order valence-electron chi connectivity index (χ3n) is 5.11. The minimum atomic E-state index is 0.442. The number of nitrogens with zero attached hydrogens (tertiary/aromatic N) is 6. The van der Waals surface area contributed by atoms with Crippen molar-refractivity contribution in [2.45, 2.75) is 37.6 Å². The molecule has 0 atom stereocenters. The van der Waals surface area contributed by atoms with Crippen molar-refractivity contribution >= 4 is 17.2 Å².